The summed E-state index contributed by atoms with van der Waals surface area (Å²) in [7, 11) is 1.73. The number of anilines is 1. The molecule has 1 unspecified atom stereocenters. The molecule has 0 amide bonds. The van der Waals surface area contributed by atoms with Crippen molar-refractivity contribution in [2.24, 2.45) is 0 Å². The first-order chi connectivity index (χ1) is 8.99. The molecule has 2 heterocycles. The number of aryl methyl sites for hydroxylation is 1. The second kappa shape index (κ2) is 5.46. The maximum Gasteiger partial charge on any atom is 0.347 e. The van der Waals surface area contributed by atoms with E-state index in [-0.39, 0.29) is 5.60 Å². The fraction of sp³-hybridized carbons (Fsp3) is 0.692. The highest BCUT2D eigenvalue weighted by atomic mass is 32.1. The quantitative estimate of drug-likeness (QED) is 0.920. The molecule has 6 heteroatoms. The van der Waals surface area contributed by atoms with Crippen molar-refractivity contribution in [2.45, 2.75) is 38.7 Å². The van der Waals surface area contributed by atoms with Gasteiger partial charge in [-0.3, -0.25) is 0 Å². The van der Waals surface area contributed by atoms with E-state index in [1.165, 1.54) is 11.3 Å². The highest BCUT2D eigenvalue weighted by Gasteiger charge is 2.32. The van der Waals surface area contributed by atoms with Crippen molar-refractivity contribution in [3.8, 4) is 0 Å². The highest BCUT2D eigenvalue weighted by Crippen LogP contribution is 2.32. The molecule has 5 nitrogen and oxygen atoms in total. The van der Waals surface area contributed by atoms with Gasteiger partial charge in [-0.1, -0.05) is 18.3 Å². The van der Waals surface area contributed by atoms with Gasteiger partial charge in [0.05, 0.1) is 11.3 Å². The van der Waals surface area contributed by atoms with E-state index in [4.69, 9.17) is 4.74 Å². The topological polar surface area (TPSA) is 62.7 Å². The Hall–Kier alpha value is -1.14. The summed E-state index contributed by atoms with van der Waals surface area (Å²) in [6.45, 7) is 5.69. The number of methoxy groups -OCH3 is 1. The third-order valence-electron chi connectivity index (χ3n) is 3.64. The van der Waals surface area contributed by atoms with Crippen molar-refractivity contribution in [1.82, 2.24) is 4.98 Å². The van der Waals surface area contributed by atoms with Crippen molar-refractivity contribution in [2.75, 3.05) is 25.1 Å². The standard InChI is InChI=1S/C13H20N2O3S/c1-4-9-10(11(16)17)19-12(14-9)15-7-5-6-13(2,8-15)18-3/h4-8H2,1-3H3,(H,16,17). The minimum absolute atomic E-state index is 0.167. The zero-order valence-corrected chi connectivity index (χ0v) is 12.4. The molecule has 1 aromatic rings. The van der Waals surface area contributed by atoms with E-state index in [2.05, 4.69) is 16.8 Å². The summed E-state index contributed by atoms with van der Waals surface area (Å²) in [6.07, 6.45) is 2.71. The number of rotatable bonds is 4. The summed E-state index contributed by atoms with van der Waals surface area (Å²) >= 11 is 1.27. The molecule has 1 atom stereocenters. The largest absolute Gasteiger partial charge is 0.477 e. The molecule has 1 aromatic heterocycles. The zero-order chi connectivity index (χ0) is 14.0. The highest BCUT2D eigenvalue weighted by molar-refractivity contribution is 7.17. The first-order valence-corrected chi connectivity index (χ1v) is 7.34. The molecule has 1 fully saturated rings. The van der Waals surface area contributed by atoms with Crippen molar-refractivity contribution in [1.29, 1.82) is 0 Å². The predicted octanol–water partition coefficient (Wildman–Crippen LogP) is 2.41. The summed E-state index contributed by atoms with van der Waals surface area (Å²) in [6, 6.07) is 0. The Morgan fingerprint density at radius 1 is 1.63 bits per heavy atom. The van der Waals surface area contributed by atoms with E-state index in [1.54, 1.807) is 7.11 Å². The van der Waals surface area contributed by atoms with Crippen LogP contribution in [0.3, 0.4) is 0 Å². The molecule has 0 aromatic carbocycles. The van der Waals surface area contributed by atoms with Crippen molar-refractivity contribution >= 4 is 22.4 Å². The third kappa shape index (κ3) is 2.90. The van der Waals surface area contributed by atoms with Crippen LogP contribution in [0.1, 0.15) is 42.1 Å². The number of carboxylic acids is 1. The summed E-state index contributed by atoms with van der Waals surface area (Å²) in [4.78, 5) is 18.2. The number of carboxylic acid groups (broad SMARTS) is 1. The molecule has 0 saturated carbocycles. The van der Waals surface area contributed by atoms with Crippen LogP contribution in [0.5, 0.6) is 0 Å². The molecule has 2 rings (SSSR count). The number of nitrogens with zero attached hydrogens (tertiary/aromatic N) is 2. The lowest BCUT2D eigenvalue weighted by atomic mass is 9.95. The number of aromatic carboxylic acids is 1. The molecular weight excluding hydrogens is 264 g/mol. The molecule has 19 heavy (non-hydrogen) atoms. The fourth-order valence-electron chi connectivity index (χ4n) is 2.42. The van der Waals surface area contributed by atoms with Crippen LogP contribution < -0.4 is 4.90 Å². The number of ether oxygens (including phenoxy) is 1. The smallest absolute Gasteiger partial charge is 0.347 e. The van der Waals surface area contributed by atoms with Gasteiger partial charge in [0.1, 0.15) is 4.88 Å². The average molecular weight is 284 g/mol. The lowest BCUT2D eigenvalue weighted by Gasteiger charge is -2.39. The molecule has 1 saturated heterocycles. The minimum atomic E-state index is -0.882. The van der Waals surface area contributed by atoms with Crippen molar-refractivity contribution in [3.63, 3.8) is 0 Å². The first-order valence-electron chi connectivity index (χ1n) is 6.52. The minimum Gasteiger partial charge on any atom is -0.477 e. The Morgan fingerprint density at radius 2 is 2.37 bits per heavy atom. The molecule has 0 bridgehead atoms. The van der Waals surface area contributed by atoms with E-state index in [1.807, 2.05) is 6.92 Å². The summed E-state index contributed by atoms with van der Waals surface area (Å²) in [5.41, 5.74) is 0.511. The molecular formula is C13H20N2O3S. The van der Waals surface area contributed by atoms with Crippen molar-refractivity contribution < 1.29 is 14.6 Å². The van der Waals surface area contributed by atoms with Crippen LogP contribution in [0.15, 0.2) is 0 Å². The number of aromatic nitrogens is 1. The fourth-order valence-corrected chi connectivity index (χ4v) is 3.44. The molecule has 0 aliphatic carbocycles. The Labute approximate surface area is 117 Å². The molecule has 1 aliphatic rings. The summed E-state index contributed by atoms with van der Waals surface area (Å²) in [5, 5.41) is 9.99. The second-order valence-electron chi connectivity index (χ2n) is 5.11. The SMILES string of the molecule is CCc1nc(N2CCCC(C)(OC)C2)sc1C(=O)O. The maximum absolute atomic E-state index is 11.2. The van der Waals surface area contributed by atoms with Crippen LogP contribution in [-0.4, -0.2) is 41.9 Å². The monoisotopic (exact) mass is 284 g/mol. The third-order valence-corrected chi connectivity index (χ3v) is 4.78. The maximum atomic E-state index is 11.2. The Bertz CT molecular complexity index is 474. The molecule has 1 aliphatic heterocycles. The normalized spacial score (nSPS) is 23.6. The first kappa shape index (κ1) is 14.3. The van der Waals surface area contributed by atoms with Gasteiger partial charge in [-0.05, 0) is 26.2 Å². The Morgan fingerprint density at radius 3 is 2.89 bits per heavy atom. The average Bonchev–Trinajstić information content (AvgIpc) is 2.83. The van der Waals surface area contributed by atoms with Crippen LogP contribution in [0, 0.1) is 0 Å². The summed E-state index contributed by atoms with van der Waals surface area (Å²) < 4.78 is 5.56. The zero-order valence-electron chi connectivity index (χ0n) is 11.6. The van der Waals surface area contributed by atoms with Crippen LogP contribution in [0.4, 0.5) is 5.13 Å². The lowest BCUT2D eigenvalue weighted by Crippen LogP contribution is -2.47. The van der Waals surface area contributed by atoms with Crippen molar-refractivity contribution in [3.05, 3.63) is 10.6 Å². The van der Waals surface area contributed by atoms with E-state index in [0.717, 1.165) is 31.1 Å². The van der Waals surface area contributed by atoms with Gasteiger partial charge in [0.15, 0.2) is 5.13 Å². The van der Waals surface area contributed by atoms with Gasteiger partial charge in [0.25, 0.3) is 0 Å². The van der Waals surface area contributed by atoms with Crippen LogP contribution in [0.2, 0.25) is 0 Å². The predicted molar refractivity (Wildman–Crippen MR) is 75.3 cm³/mol. The summed E-state index contributed by atoms with van der Waals surface area (Å²) in [5.74, 6) is -0.882. The van der Waals surface area contributed by atoms with Gasteiger partial charge in [-0.15, -0.1) is 0 Å². The van der Waals surface area contributed by atoms with Gasteiger partial charge in [-0.2, -0.15) is 0 Å². The molecule has 0 radical (unpaired) electrons. The lowest BCUT2D eigenvalue weighted by molar-refractivity contribution is -0.00466. The van der Waals surface area contributed by atoms with E-state index >= 15 is 0 Å². The number of piperidine rings is 1. The van der Waals surface area contributed by atoms with Gasteiger partial charge < -0.3 is 14.7 Å². The molecule has 106 valence electrons. The second-order valence-corrected chi connectivity index (χ2v) is 6.09. The van der Waals surface area contributed by atoms with Crippen LogP contribution >= 0.6 is 11.3 Å². The number of hydrogen-bond donors (Lipinski definition) is 1. The van der Waals surface area contributed by atoms with Gasteiger partial charge in [-0.25, -0.2) is 9.78 Å². The number of thiazole rings is 1. The Kier molecular flexibility index (Phi) is 4.10. The van der Waals surface area contributed by atoms with Gasteiger partial charge in [0, 0.05) is 20.2 Å². The molecule has 0 spiro atoms. The van der Waals surface area contributed by atoms with E-state index in [0.29, 0.717) is 17.0 Å². The van der Waals surface area contributed by atoms with E-state index < -0.39 is 5.97 Å². The van der Waals surface area contributed by atoms with Crippen LogP contribution in [0.25, 0.3) is 0 Å². The molecule has 1 N–H and O–H groups in total. The van der Waals surface area contributed by atoms with E-state index in [9.17, 15) is 9.90 Å². The van der Waals surface area contributed by atoms with Gasteiger partial charge >= 0.3 is 5.97 Å². The van der Waals surface area contributed by atoms with Gasteiger partial charge in [0.2, 0.25) is 0 Å². The number of carbonyl (C=O) groups is 1. The number of hydrogen-bond acceptors (Lipinski definition) is 5. The Balaban J connectivity index is 2.24. The van der Waals surface area contributed by atoms with Crippen LogP contribution in [-0.2, 0) is 11.2 Å².